The number of hydrogen-bond donors (Lipinski definition) is 5. The van der Waals surface area contributed by atoms with E-state index in [1.54, 1.807) is 6.92 Å². The summed E-state index contributed by atoms with van der Waals surface area (Å²) in [4.78, 5) is 26.1. The highest BCUT2D eigenvalue weighted by Gasteiger charge is 2.60. The number of nitrogens with two attached hydrogens (primary N) is 1. The number of carbonyl (C=O) groups excluding carboxylic acids is 1. The van der Waals surface area contributed by atoms with Gasteiger partial charge in [0.25, 0.3) is 0 Å². The molecule has 1 amide bonds. The van der Waals surface area contributed by atoms with E-state index in [4.69, 9.17) is 5.73 Å². The number of β-lactam (4-membered cyclic amide) rings is 1. The van der Waals surface area contributed by atoms with Gasteiger partial charge in [-0.15, -0.1) is 24.2 Å². The Morgan fingerprint density at radius 1 is 1.46 bits per heavy atom. The quantitative estimate of drug-likeness (QED) is 0.366. The van der Waals surface area contributed by atoms with E-state index in [0.29, 0.717) is 17.9 Å². The Morgan fingerprint density at radius 2 is 2.12 bits per heavy atom. The number of rotatable bonds is 6. The van der Waals surface area contributed by atoms with Gasteiger partial charge in [0.1, 0.15) is 5.70 Å². The minimum absolute atomic E-state index is 0. The number of carboxylic acids is 1. The first-order valence-corrected chi connectivity index (χ1v) is 9.42. The van der Waals surface area contributed by atoms with Crippen molar-refractivity contribution in [3.63, 3.8) is 0 Å². The molecule has 0 radical (unpaired) electrons. The van der Waals surface area contributed by atoms with Gasteiger partial charge in [0, 0.05) is 35.2 Å². The van der Waals surface area contributed by atoms with Crippen molar-refractivity contribution in [3.05, 3.63) is 10.6 Å². The second kappa shape index (κ2) is 8.04. The first-order chi connectivity index (χ1) is 11.8. The molecule has 10 heteroatoms. The Balaban J connectivity index is 0.00000243. The topological polar surface area (TPSA) is 136 Å². The van der Waals surface area contributed by atoms with Crippen molar-refractivity contribution in [1.82, 2.24) is 10.2 Å². The third-order valence-corrected chi connectivity index (χ3v) is 6.95. The highest BCUT2D eigenvalue weighted by Crippen LogP contribution is 2.51. The van der Waals surface area contributed by atoms with E-state index in [1.165, 1.54) is 16.7 Å². The number of fused-ring (bicyclic) bond motifs is 1. The van der Waals surface area contributed by atoms with Crippen LogP contribution in [0.25, 0.3) is 0 Å². The number of nitrogens with zero attached hydrogens (tertiary/aromatic N) is 1. The average Bonchev–Trinajstić information content (AvgIpc) is 3.10. The van der Waals surface area contributed by atoms with E-state index in [2.05, 4.69) is 5.32 Å². The predicted molar refractivity (Wildman–Crippen MR) is 99.7 cm³/mol. The second-order valence-electron chi connectivity index (χ2n) is 7.07. The fourth-order valence-corrected chi connectivity index (χ4v) is 5.63. The zero-order chi connectivity index (χ0) is 18.5. The molecule has 26 heavy (non-hydrogen) atoms. The highest BCUT2D eigenvalue weighted by atomic mass is 35.5. The van der Waals surface area contributed by atoms with Gasteiger partial charge in [-0.3, -0.25) is 4.79 Å². The second-order valence-corrected chi connectivity index (χ2v) is 8.41. The number of amides is 1. The standard InChI is InChI=1S/C16H25N3O5S.ClH/c1-6-12-11(7(2)20)15(22)19(12)13(16(23)24)14(6)25-8-3-9(18-5-8)10(21)4-17;/h6-12,18,20-21H,3-5,17H2,1-2H3,(H,23,24);1H/t6-,7-,8+,9+,10?,11-,12-;/m1./s1. The van der Waals surface area contributed by atoms with Crippen LogP contribution in [0.5, 0.6) is 0 Å². The SMILES string of the molecule is C[C@@H](O)[C@H]1C(=O)N2C(C(=O)O)=C(S[C@@H]3CN[C@H](C(O)CN)C3)[C@H](C)[C@H]12.Cl. The van der Waals surface area contributed by atoms with E-state index < -0.39 is 24.1 Å². The van der Waals surface area contributed by atoms with E-state index in [0.717, 1.165) is 0 Å². The smallest absolute Gasteiger partial charge is 0.353 e. The van der Waals surface area contributed by atoms with Crippen LogP contribution >= 0.6 is 24.2 Å². The van der Waals surface area contributed by atoms with Crippen molar-refractivity contribution < 1.29 is 24.9 Å². The molecular weight excluding hydrogens is 382 g/mol. The van der Waals surface area contributed by atoms with Crippen LogP contribution in [-0.2, 0) is 9.59 Å². The summed E-state index contributed by atoms with van der Waals surface area (Å²) < 4.78 is 0. The minimum Gasteiger partial charge on any atom is -0.477 e. The van der Waals surface area contributed by atoms with Crippen molar-refractivity contribution in [2.75, 3.05) is 13.1 Å². The lowest BCUT2D eigenvalue weighted by molar-refractivity contribution is -0.163. The van der Waals surface area contributed by atoms with Gasteiger partial charge in [-0.05, 0) is 13.3 Å². The molecule has 148 valence electrons. The lowest BCUT2D eigenvalue weighted by Gasteiger charge is -2.46. The molecule has 0 aromatic heterocycles. The summed E-state index contributed by atoms with van der Waals surface area (Å²) in [7, 11) is 0. The first kappa shape index (κ1) is 21.5. The van der Waals surface area contributed by atoms with E-state index in [1.807, 2.05) is 6.92 Å². The molecular formula is C16H26ClN3O5S. The maximum atomic E-state index is 12.3. The van der Waals surface area contributed by atoms with Gasteiger partial charge in [-0.2, -0.15) is 0 Å². The Hall–Kier alpha value is -0.840. The summed E-state index contributed by atoms with van der Waals surface area (Å²) in [6, 6.07) is -0.391. The molecule has 2 saturated heterocycles. The molecule has 1 unspecified atom stereocenters. The highest BCUT2D eigenvalue weighted by molar-refractivity contribution is 8.03. The molecule has 0 aromatic rings. The number of aliphatic hydroxyl groups excluding tert-OH is 2. The summed E-state index contributed by atoms with van der Waals surface area (Å²) >= 11 is 1.46. The number of carbonyl (C=O) groups is 2. The molecule has 0 saturated carbocycles. The van der Waals surface area contributed by atoms with Crippen molar-refractivity contribution in [2.24, 2.45) is 17.6 Å². The summed E-state index contributed by atoms with van der Waals surface area (Å²) in [5.74, 6) is -2.11. The van der Waals surface area contributed by atoms with Gasteiger partial charge in [-0.25, -0.2) is 4.79 Å². The Bertz CT molecular complexity index is 617. The zero-order valence-electron chi connectivity index (χ0n) is 14.7. The predicted octanol–water partition coefficient (Wildman–Crippen LogP) is -0.655. The fourth-order valence-electron chi connectivity index (χ4n) is 4.14. The molecule has 3 rings (SSSR count). The summed E-state index contributed by atoms with van der Waals surface area (Å²) in [6.45, 7) is 4.30. The van der Waals surface area contributed by atoms with Crippen LogP contribution < -0.4 is 11.1 Å². The summed E-state index contributed by atoms with van der Waals surface area (Å²) in [5.41, 5.74) is 5.54. The number of aliphatic hydroxyl groups is 2. The van der Waals surface area contributed by atoms with Crippen LogP contribution in [-0.4, -0.2) is 74.7 Å². The summed E-state index contributed by atoms with van der Waals surface area (Å²) in [6.07, 6.45) is -0.738. The first-order valence-electron chi connectivity index (χ1n) is 8.54. The van der Waals surface area contributed by atoms with Crippen LogP contribution in [0.3, 0.4) is 0 Å². The van der Waals surface area contributed by atoms with E-state index >= 15 is 0 Å². The minimum atomic E-state index is -1.11. The van der Waals surface area contributed by atoms with Crippen LogP contribution in [0.2, 0.25) is 0 Å². The van der Waals surface area contributed by atoms with Crippen LogP contribution in [0, 0.1) is 11.8 Å². The van der Waals surface area contributed by atoms with Crippen molar-refractivity contribution in [1.29, 1.82) is 0 Å². The van der Waals surface area contributed by atoms with Gasteiger partial charge < -0.3 is 31.3 Å². The molecule has 3 heterocycles. The molecule has 8 nitrogen and oxygen atoms in total. The molecule has 7 atom stereocenters. The lowest BCUT2D eigenvalue weighted by Crippen LogP contribution is -2.63. The number of nitrogens with one attached hydrogen (secondary N) is 1. The molecule has 6 N–H and O–H groups in total. The molecule has 0 bridgehead atoms. The lowest BCUT2D eigenvalue weighted by atomic mass is 9.79. The van der Waals surface area contributed by atoms with Crippen molar-refractivity contribution >= 4 is 36.0 Å². The van der Waals surface area contributed by atoms with Crippen LogP contribution in [0.4, 0.5) is 0 Å². The number of halogens is 1. The Morgan fingerprint density at radius 3 is 2.65 bits per heavy atom. The van der Waals surface area contributed by atoms with Crippen molar-refractivity contribution in [3.8, 4) is 0 Å². The molecule has 2 fully saturated rings. The number of hydrogen-bond acceptors (Lipinski definition) is 7. The van der Waals surface area contributed by atoms with Gasteiger partial charge >= 0.3 is 5.97 Å². The van der Waals surface area contributed by atoms with Crippen LogP contribution in [0.15, 0.2) is 10.6 Å². The number of thioether (sulfide) groups is 1. The monoisotopic (exact) mass is 407 g/mol. The molecule has 0 spiro atoms. The largest absolute Gasteiger partial charge is 0.477 e. The molecule has 3 aliphatic rings. The Labute approximate surface area is 162 Å². The van der Waals surface area contributed by atoms with Crippen molar-refractivity contribution in [2.45, 2.75) is 49.8 Å². The van der Waals surface area contributed by atoms with Gasteiger partial charge in [0.05, 0.1) is 24.2 Å². The summed E-state index contributed by atoms with van der Waals surface area (Å²) in [5, 5.41) is 32.7. The van der Waals surface area contributed by atoms with Gasteiger partial charge in [0.2, 0.25) is 5.91 Å². The zero-order valence-corrected chi connectivity index (χ0v) is 16.3. The van der Waals surface area contributed by atoms with Crippen LogP contribution in [0.1, 0.15) is 20.3 Å². The number of carboxylic acid groups (broad SMARTS) is 1. The average molecular weight is 408 g/mol. The maximum absolute atomic E-state index is 12.3. The van der Waals surface area contributed by atoms with E-state index in [9.17, 15) is 24.9 Å². The molecule has 3 aliphatic heterocycles. The molecule has 0 aromatic carbocycles. The molecule has 0 aliphatic carbocycles. The van der Waals surface area contributed by atoms with E-state index in [-0.39, 0.29) is 53.8 Å². The maximum Gasteiger partial charge on any atom is 0.353 e. The third kappa shape index (κ3) is 3.36. The third-order valence-electron chi connectivity index (χ3n) is 5.44. The normalized spacial score (nSPS) is 35.7. The fraction of sp³-hybridized carbons (Fsp3) is 0.750. The van der Waals surface area contributed by atoms with Gasteiger partial charge in [0.15, 0.2) is 0 Å². The van der Waals surface area contributed by atoms with Gasteiger partial charge in [-0.1, -0.05) is 6.92 Å². The number of aliphatic carboxylic acids is 1. The Kier molecular flexibility index (Phi) is 6.63.